The van der Waals surface area contributed by atoms with Gasteiger partial charge in [-0.3, -0.25) is 0 Å². The molecular weight excluding hydrogens is 610 g/mol. The van der Waals surface area contributed by atoms with E-state index in [1.54, 1.807) is 0 Å². The lowest BCUT2D eigenvalue weighted by Crippen LogP contribution is -2.66. The molecule has 0 fully saturated rings. The van der Waals surface area contributed by atoms with Crippen LogP contribution in [0.2, 0.25) is 10.1 Å². The van der Waals surface area contributed by atoms with Crippen LogP contribution in [0.4, 0.5) is 8.78 Å². The van der Waals surface area contributed by atoms with Crippen LogP contribution < -0.4 is 10.4 Å². The normalized spacial score (nSPS) is 13.2. The molecule has 1 atom stereocenters. The fourth-order valence-electron chi connectivity index (χ4n) is 5.34. The van der Waals surface area contributed by atoms with Gasteiger partial charge in [-0.25, -0.2) is 17.2 Å². The van der Waals surface area contributed by atoms with Crippen molar-refractivity contribution in [2.45, 2.75) is 42.4 Å². The van der Waals surface area contributed by atoms with Gasteiger partial charge in [0.25, 0.3) is 8.32 Å². The summed E-state index contributed by atoms with van der Waals surface area (Å²) in [6, 6.07) is 29.4. The molecule has 0 aromatic heterocycles. The first kappa shape index (κ1) is 32.4. The first-order chi connectivity index (χ1) is 20.0. The third kappa shape index (κ3) is 7.17. The Labute approximate surface area is 258 Å². The van der Waals surface area contributed by atoms with Crippen LogP contribution in [-0.2, 0) is 14.3 Å². The topological polar surface area (TPSA) is 43.4 Å². The van der Waals surface area contributed by atoms with Crippen molar-refractivity contribution >= 4 is 51.9 Å². The second kappa shape index (κ2) is 13.9. The smallest absolute Gasteiger partial charge is 0.261 e. The predicted octanol–water partition coefficient (Wildman–Crippen LogP) is 7.83. The van der Waals surface area contributed by atoms with Gasteiger partial charge in [0.1, 0.15) is 11.6 Å². The zero-order valence-corrected chi connectivity index (χ0v) is 27.3. The molecule has 9 heteroatoms. The number of benzene rings is 4. The van der Waals surface area contributed by atoms with Crippen molar-refractivity contribution in [3.05, 3.63) is 125 Å². The number of sulfone groups is 1. The van der Waals surface area contributed by atoms with E-state index in [2.05, 4.69) is 45.0 Å². The number of thioether (sulfide) groups is 1. The molecule has 4 rings (SSSR count). The van der Waals surface area contributed by atoms with Crippen LogP contribution in [0.25, 0.3) is 0 Å². The quantitative estimate of drug-likeness (QED) is 0.116. The minimum absolute atomic E-state index is 0.0144. The molecule has 0 saturated carbocycles. The highest BCUT2D eigenvalue weighted by Crippen LogP contribution is 2.38. The Morgan fingerprint density at radius 1 is 0.833 bits per heavy atom. The highest BCUT2D eigenvalue weighted by atomic mass is 35.5. The van der Waals surface area contributed by atoms with E-state index in [-0.39, 0.29) is 21.9 Å². The molecule has 1 unspecified atom stereocenters. The average molecular weight is 645 g/mol. The van der Waals surface area contributed by atoms with Crippen molar-refractivity contribution in [1.29, 1.82) is 0 Å². The maximum atomic E-state index is 14.9. The van der Waals surface area contributed by atoms with Gasteiger partial charge in [-0.15, -0.1) is 0 Å². The van der Waals surface area contributed by atoms with E-state index < -0.39 is 35.0 Å². The fraction of sp³-hybridized carbons (Fsp3) is 0.273. The predicted molar refractivity (Wildman–Crippen MR) is 173 cm³/mol. The van der Waals surface area contributed by atoms with Crippen LogP contribution >= 0.6 is 23.4 Å². The summed E-state index contributed by atoms with van der Waals surface area (Å²) in [5.41, 5.74) is -0.172. The third-order valence-corrected chi connectivity index (χ3v) is 15.8. The monoisotopic (exact) mass is 644 g/mol. The average Bonchev–Trinajstić information content (AvgIpc) is 2.96. The summed E-state index contributed by atoms with van der Waals surface area (Å²) in [5.74, 6) is -0.408. The summed E-state index contributed by atoms with van der Waals surface area (Å²) >= 11 is 7.50. The molecule has 4 aromatic rings. The van der Waals surface area contributed by atoms with Crippen LogP contribution in [0.5, 0.6) is 0 Å². The van der Waals surface area contributed by atoms with Crippen LogP contribution in [0, 0.1) is 11.6 Å². The molecule has 0 N–H and O–H groups in total. The first-order valence-corrected chi connectivity index (χ1v) is 18.7. The van der Waals surface area contributed by atoms with Gasteiger partial charge in [-0.05, 0) is 70.0 Å². The standard InChI is InChI=1S/C33H35ClF2O3S2Si/c1-33(2,3)42(28-10-6-4-7-11-28,29-12-8-5-9-13-29)39-21-23-40-22-20-32(30-24-26(35)16-19-31(30)36)41(37,38)27-17-14-25(34)15-18-27/h4-19,24,32H,20-23H2,1-3H3. The lowest BCUT2D eigenvalue weighted by molar-refractivity contribution is 0.322. The Balaban J connectivity index is 1.52. The summed E-state index contributed by atoms with van der Waals surface area (Å²) < 4.78 is 63.1. The third-order valence-electron chi connectivity index (χ3n) is 7.31. The molecule has 0 radical (unpaired) electrons. The van der Waals surface area contributed by atoms with E-state index >= 15 is 0 Å². The van der Waals surface area contributed by atoms with Crippen molar-refractivity contribution < 1.29 is 21.6 Å². The van der Waals surface area contributed by atoms with Crippen molar-refractivity contribution in [3.8, 4) is 0 Å². The van der Waals surface area contributed by atoms with E-state index in [0.717, 1.165) is 18.2 Å². The molecule has 0 aliphatic carbocycles. The minimum atomic E-state index is -4.02. The molecule has 3 nitrogen and oxygen atoms in total. The zero-order valence-electron chi connectivity index (χ0n) is 23.9. The van der Waals surface area contributed by atoms with Crippen molar-refractivity contribution in [1.82, 2.24) is 0 Å². The van der Waals surface area contributed by atoms with Crippen molar-refractivity contribution in [3.63, 3.8) is 0 Å². The van der Waals surface area contributed by atoms with Crippen LogP contribution in [0.15, 0.2) is 108 Å². The number of hydrogen-bond donors (Lipinski definition) is 0. The number of halogens is 3. The van der Waals surface area contributed by atoms with E-state index in [1.807, 2.05) is 36.4 Å². The van der Waals surface area contributed by atoms with Gasteiger partial charge in [0.15, 0.2) is 9.84 Å². The number of hydrogen-bond acceptors (Lipinski definition) is 4. The zero-order chi connectivity index (χ0) is 30.4. The molecule has 0 heterocycles. The van der Waals surface area contributed by atoms with Gasteiger partial charge >= 0.3 is 0 Å². The second-order valence-electron chi connectivity index (χ2n) is 11.1. The van der Waals surface area contributed by atoms with E-state index in [4.69, 9.17) is 16.0 Å². The molecule has 222 valence electrons. The second-order valence-corrected chi connectivity index (χ2v) is 19.2. The summed E-state index contributed by atoms with van der Waals surface area (Å²) in [4.78, 5) is 0.0144. The highest BCUT2D eigenvalue weighted by Gasteiger charge is 2.50. The number of rotatable bonds is 12. The minimum Gasteiger partial charge on any atom is -0.407 e. The van der Waals surface area contributed by atoms with Crippen molar-refractivity contribution in [2.24, 2.45) is 0 Å². The molecule has 0 amide bonds. The molecule has 0 aliphatic heterocycles. The Kier molecular flexibility index (Phi) is 10.7. The van der Waals surface area contributed by atoms with Gasteiger partial charge in [-0.2, -0.15) is 11.8 Å². The summed E-state index contributed by atoms with van der Waals surface area (Å²) in [6.07, 6.45) is 0.106. The van der Waals surface area contributed by atoms with Gasteiger partial charge < -0.3 is 4.43 Å². The summed E-state index contributed by atoms with van der Waals surface area (Å²) in [7, 11) is -6.71. The maximum Gasteiger partial charge on any atom is 0.261 e. The van der Waals surface area contributed by atoms with Gasteiger partial charge in [0.2, 0.25) is 0 Å². The lowest BCUT2D eigenvalue weighted by atomic mass is 10.1. The van der Waals surface area contributed by atoms with Crippen LogP contribution in [-0.4, -0.2) is 34.8 Å². The van der Waals surface area contributed by atoms with E-state index in [0.29, 0.717) is 23.1 Å². The Morgan fingerprint density at radius 2 is 1.40 bits per heavy atom. The van der Waals surface area contributed by atoms with Crippen molar-refractivity contribution in [2.75, 3.05) is 18.1 Å². The lowest BCUT2D eigenvalue weighted by Gasteiger charge is -2.43. The fourth-order valence-corrected chi connectivity index (χ4v) is 12.9. The molecule has 0 bridgehead atoms. The molecular formula is C33H35ClF2O3S2Si. The Bertz CT molecular complexity index is 1520. The van der Waals surface area contributed by atoms with Crippen LogP contribution in [0.3, 0.4) is 0 Å². The van der Waals surface area contributed by atoms with Crippen LogP contribution in [0.1, 0.15) is 38.0 Å². The molecule has 42 heavy (non-hydrogen) atoms. The molecule has 0 saturated heterocycles. The summed E-state index contributed by atoms with van der Waals surface area (Å²) in [5, 5.41) is 1.35. The molecule has 0 aliphatic rings. The van der Waals surface area contributed by atoms with Gasteiger partial charge in [0, 0.05) is 22.9 Å². The SMILES string of the molecule is CC(C)(C)[Si](OCCSCCC(c1cc(F)ccc1F)S(=O)(=O)c1ccc(Cl)cc1)(c1ccccc1)c1ccccc1. The van der Waals surface area contributed by atoms with E-state index in [1.165, 1.54) is 46.4 Å². The Morgan fingerprint density at radius 3 is 1.95 bits per heavy atom. The molecule has 4 aromatic carbocycles. The maximum absolute atomic E-state index is 14.9. The van der Waals surface area contributed by atoms with Gasteiger partial charge in [-0.1, -0.05) is 93.0 Å². The molecule has 0 spiro atoms. The van der Waals surface area contributed by atoms with Gasteiger partial charge in [0.05, 0.1) is 10.1 Å². The highest BCUT2D eigenvalue weighted by molar-refractivity contribution is 7.99. The largest absolute Gasteiger partial charge is 0.407 e. The first-order valence-electron chi connectivity index (χ1n) is 13.7. The Hall–Kier alpha value is -2.49. The summed E-state index contributed by atoms with van der Waals surface area (Å²) in [6.45, 7) is 7.10. The van der Waals surface area contributed by atoms with E-state index in [9.17, 15) is 17.2 Å².